The molecule has 112 valence electrons. The monoisotopic (exact) mass is 341 g/mol. The predicted molar refractivity (Wildman–Crippen MR) is 84.9 cm³/mol. The Labute approximate surface area is 129 Å². The van der Waals surface area contributed by atoms with Crippen molar-refractivity contribution in [2.75, 3.05) is 13.1 Å². The third-order valence-electron chi connectivity index (χ3n) is 3.96. The highest BCUT2D eigenvalue weighted by Crippen LogP contribution is 2.18. The molecular formula is C15H24BrN3O. The van der Waals surface area contributed by atoms with Gasteiger partial charge in [0.25, 0.3) is 5.91 Å². The van der Waals surface area contributed by atoms with Gasteiger partial charge in [-0.3, -0.25) is 4.79 Å². The van der Waals surface area contributed by atoms with Crippen LogP contribution in [0.4, 0.5) is 0 Å². The number of hydrogen-bond donors (Lipinski definition) is 2. The highest BCUT2D eigenvalue weighted by Gasteiger charge is 2.22. The minimum atomic E-state index is 0.0298. The zero-order valence-electron chi connectivity index (χ0n) is 12.3. The fraction of sp³-hybridized carbons (Fsp3) is 0.667. The van der Waals surface area contributed by atoms with Gasteiger partial charge in [-0.2, -0.15) is 0 Å². The van der Waals surface area contributed by atoms with Crippen LogP contribution < -0.4 is 10.6 Å². The molecule has 2 rings (SSSR count). The molecule has 2 atom stereocenters. The maximum absolute atomic E-state index is 12.4. The fourth-order valence-corrected chi connectivity index (χ4v) is 3.26. The Bertz CT molecular complexity index is 452. The van der Waals surface area contributed by atoms with Gasteiger partial charge >= 0.3 is 0 Å². The molecule has 5 heteroatoms. The summed E-state index contributed by atoms with van der Waals surface area (Å²) in [5.41, 5.74) is 0.745. The number of nitrogens with zero attached hydrogens (tertiary/aromatic N) is 1. The molecule has 0 saturated carbocycles. The number of carbonyl (C=O) groups is 1. The highest BCUT2D eigenvalue weighted by molar-refractivity contribution is 9.10. The van der Waals surface area contributed by atoms with Crippen molar-refractivity contribution < 1.29 is 4.79 Å². The standard InChI is InChI=1S/C15H24BrN3O/c1-3-7-19-10-13(16)8-14(19)15(20)18-11(2)12-5-4-6-17-9-12/h8,10-12,17H,3-7,9H2,1-2H3,(H,18,20). The van der Waals surface area contributed by atoms with Crippen molar-refractivity contribution in [1.82, 2.24) is 15.2 Å². The first-order valence-corrected chi connectivity index (χ1v) is 8.28. The van der Waals surface area contributed by atoms with Crippen LogP contribution in [0.1, 0.15) is 43.6 Å². The lowest BCUT2D eigenvalue weighted by Gasteiger charge is -2.29. The molecule has 2 unspecified atom stereocenters. The Morgan fingerprint density at radius 1 is 1.65 bits per heavy atom. The lowest BCUT2D eigenvalue weighted by atomic mass is 9.93. The number of halogens is 1. The first-order chi connectivity index (χ1) is 9.61. The normalized spacial score (nSPS) is 20.6. The molecule has 20 heavy (non-hydrogen) atoms. The summed E-state index contributed by atoms with van der Waals surface area (Å²) in [7, 11) is 0. The van der Waals surface area contributed by atoms with Gasteiger partial charge in [0.2, 0.25) is 0 Å². The van der Waals surface area contributed by atoms with E-state index in [4.69, 9.17) is 0 Å². The molecule has 0 bridgehead atoms. The molecule has 1 fully saturated rings. The van der Waals surface area contributed by atoms with Gasteiger partial charge in [0.05, 0.1) is 0 Å². The van der Waals surface area contributed by atoms with Crippen LogP contribution in [0.5, 0.6) is 0 Å². The molecule has 2 N–H and O–H groups in total. The number of aromatic nitrogens is 1. The Morgan fingerprint density at radius 3 is 3.10 bits per heavy atom. The molecule has 0 spiro atoms. The van der Waals surface area contributed by atoms with E-state index in [2.05, 4.69) is 40.4 Å². The Morgan fingerprint density at radius 2 is 2.45 bits per heavy atom. The average molecular weight is 342 g/mol. The molecular weight excluding hydrogens is 318 g/mol. The molecule has 1 amide bonds. The minimum Gasteiger partial charge on any atom is -0.348 e. The molecule has 0 aliphatic carbocycles. The van der Waals surface area contributed by atoms with E-state index in [0.29, 0.717) is 5.92 Å². The maximum Gasteiger partial charge on any atom is 0.268 e. The predicted octanol–water partition coefficient (Wildman–Crippen LogP) is 2.78. The number of hydrogen-bond acceptors (Lipinski definition) is 2. The summed E-state index contributed by atoms with van der Waals surface area (Å²) in [6, 6.07) is 2.11. The van der Waals surface area contributed by atoms with Crippen molar-refractivity contribution in [2.45, 2.75) is 45.7 Å². The molecule has 1 aliphatic rings. The Balaban J connectivity index is 2.00. The van der Waals surface area contributed by atoms with Crippen molar-refractivity contribution >= 4 is 21.8 Å². The van der Waals surface area contributed by atoms with Crippen molar-refractivity contribution in [1.29, 1.82) is 0 Å². The quantitative estimate of drug-likeness (QED) is 0.864. The molecule has 4 nitrogen and oxygen atoms in total. The second kappa shape index (κ2) is 7.27. The zero-order chi connectivity index (χ0) is 14.5. The van der Waals surface area contributed by atoms with Gasteiger partial charge in [-0.25, -0.2) is 0 Å². The minimum absolute atomic E-state index is 0.0298. The number of rotatable bonds is 5. The largest absolute Gasteiger partial charge is 0.348 e. The van der Waals surface area contributed by atoms with E-state index in [0.717, 1.165) is 36.2 Å². The van der Waals surface area contributed by atoms with Gasteiger partial charge in [-0.1, -0.05) is 6.92 Å². The average Bonchev–Trinajstić information content (AvgIpc) is 2.81. The van der Waals surface area contributed by atoms with Crippen LogP contribution in [-0.2, 0) is 6.54 Å². The van der Waals surface area contributed by atoms with E-state index in [1.165, 1.54) is 12.8 Å². The van der Waals surface area contributed by atoms with E-state index < -0.39 is 0 Å². The summed E-state index contributed by atoms with van der Waals surface area (Å²) in [5.74, 6) is 0.563. The molecule has 0 aromatic carbocycles. The smallest absolute Gasteiger partial charge is 0.268 e. The van der Waals surface area contributed by atoms with Crippen LogP contribution in [0, 0.1) is 5.92 Å². The van der Waals surface area contributed by atoms with Crippen molar-refractivity contribution in [3.8, 4) is 0 Å². The van der Waals surface area contributed by atoms with Crippen LogP contribution in [-0.4, -0.2) is 29.6 Å². The third-order valence-corrected chi connectivity index (χ3v) is 4.39. The first-order valence-electron chi connectivity index (χ1n) is 7.49. The topological polar surface area (TPSA) is 46.1 Å². The lowest BCUT2D eigenvalue weighted by molar-refractivity contribution is 0.0912. The summed E-state index contributed by atoms with van der Waals surface area (Å²) in [5, 5.41) is 6.56. The SMILES string of the molecule is CCCn1cc(Br)cc1C(=O)NC(C)C1CCCNC1. The first kappa shape index (κ1) is 15.6. The molecule has 1 saturated heterocycles. The molecule has 0 radical (unpaired) electrons. The van der Waals surface area contributed by atoms with E-state index in [-0.39, 0.29) is 11.9 Å². The molecule has 2 heterocycles. The maximum atomic E-state index is 12.4. The summed E-state index contributed by atoms with van der Waals surface area (Å²) in [4.78, 5) is 12.4. The Hall–Kier alpha value is -0.810. The fourth-order valence-electron chi connectivity index (χ4n) is 2.80. The van der Waals surface area contributed by atoms with Gasteiger partial charge in [0, 0.05) is 23.3 Å². The van der Waals surface area contributed by atoms with Gasteiger partial charge in [0.15, 0.2) is 0 Å². The number of carbonyl (C=O) groups excluding carboxylic acids is 1. The van der Waals surface area contributed by atoms with Crippen molar-refractivity contribution in [3.63, 3.8) is 0 Å². The van der Waals surface area contributed by atoms with Crippen LogP contribution in [0.3, 0.4) is 0 Å². The van der Waals surface area contributed by atoms with E-state index >= 15 is 0 Å². The van der Waals surface area contributed by atoms with Crippen LogP contribution in [0.2, 0.25) is 0 Å². The van der Waals surface area contributed by atoms with Crippen LogP contribution >= 0.6 is 15.9 Å². The van der Waals surface area contributed by atoms with Gasteiger partial charge < -0.3 is 15.2 Å². The van der Waals surface area contributed by atoms with Crippen LogP contribution in [0.25, 0.3) is 0 Å². The van der Waals surface area contributed by atoms with E-state index in [1.807, 2.05) is 16.8 Å². The second-order valence-corrected chi connectivity index (χ2v) is 6.52. The van der Waals surface area contributed by atoms with Crippen molar-refractivity contribution in [2.24, 2.45) is 5.92 Å². The van der Waals surface area contributed by atoms with E-state index in [1.54, 1.807) is 0 Å². The van der Waals surface area contributed by atoms with E-state index in [9.17, 15) is 4.79 Å². The summed E-state index contributed by atoms with van der Waals surface area (Å²) in [6.07, 6.45) is 5.38. The Kier molecular flexibility index (Phi) is 5.66. The zero-order valence-corrected chi connectivity index (χ0v) is 13.9. The van der Waals surface area contributed by atoms with Crippen LogP contribution in [0.15, 0.2) is 16.7 Å². The summed E-state index contributed by atoms with van der Waals surface area (Å²) < 4.78 is 2.98. The molecule has 1 aliphatic heterocycles. The number of aryl methyl sites for hydroxylation is 1. The van der Waals surface area contributed by atoms with Crippen molar-refractivity contribution in [3.05, 3.63) is 22.4 Å². The second-order valence-electron chi connectivity index (χ2n) is 5.61. The summed E-state index contributed by atoms with van der Waals surface area (Å²) in [6.45, 7) is 7.20. The summed E-state index contributed by atoms with van der Waals surface area (Å²) >= 11 is 3.45. The lowest BCUT2D eigenvalue weighted by Crippen LogP contribution is -2.44. The number of piperidine rings is 1. The number of nitrogens with one attached hydrogen (secondary N) is 2. The van der Waals surface area contributed by atoms with Gasteiger partial charge in [0.1, 0.15) is 5.69 Å². The third kappa shape index (κ3) is 3.85. The molecule has 1 aromatic rings. The van der Waals surface area contributed by atoms with Gasteiger partial charge in [-0.15, -0.1) is 0 Å². The number of amides is 1. The highest BCUT2D eigenvalue weighted by atomic mass is 79.9. The van der Waals surface area contributed by atoms with Gasteiger partial charge in [-0.05, 0) is 67.2 Å². The molecule has 1 aromatic heterocycles.